The van der Waals surface area contributed by atoms with E-state index in [-0.39, 0.29) is 12.5 Å². The number of amides is 1. The third-order valence-corrected chi connectivity index (χ3v) is 3.63. The van der Waals surface area contributed by atoms with Gasteiger partial charge in [-0.1, -0.05) is 0 Å². The third kappa shape index (κ3) is 2.95. The average Bonchev–Trinajstić information content (AvgIpc) is 3.12. The second-order valence-corrected chi connectivity index (χ2v) is 5.17. The van der Waals surface area contributed by atoms with Crippen molar-refractivity contribution in [2.75, 3.05) is 6.61 Å². The van der Waals surface area contributed by atoms with E-state index in [4.69, 9.17) is 4.74 Å². The summed E-state index contributed by atoms with van der Waals surface area (Å²) in [7, 11) is 2.03. The lowest BCUT2D eigenvalue weighted by atomic mass is 10.2. The number of aromatic amines is 1. The SMILES string of the molecule is Cc1cc2cc(OCC(=O)NCc3ncc[nH]3)ccc2n1C. The number of imidazole rings is 1. The normalized spacial score (nSPS) is 10.8. The van der Waals surface area contributed by atoms with Crippen LogP contribution >= 0.6 is 0 Å². The Hall–Kier alpha value is -2.76. The van der Waals surface area contributed by atoms with Gasteiger partial charge in [0.25, 0.3) is 5.91 Å². The van der Waals surface area contributed by atoms with Crippen LogP contribution in [0.15, 0.2) is 36.7 Å². The molecule has 2 heterocycles. The van der Waals surface area contributed by atoms with Crippen molar-refractivity contribution >= 4 is 16.8 Å². The molecule has 0 aliphatic rings. The molecule has 3 aromatic rings. The highest BCUT2D eigenvalue weighted by molar-refractivity contribution is 5.83. The number of hydrogen-bond acceptors (Lipinski definition) is 3. The molecule has 0 bridgehead atoms. The number of nitrogens with one attached hydrogen (secondary N) is 2. The van der Waals surface area contributed by atoms with Gasteiger partial charge in [0, 0.05) is 36.0 Å². The van der Waals surface area contributed by atoms with Crippen molar-refractivity contribution in [3.63, 3.8) is 0 Å². The topological polar surface area (TPSA) is 71.9 Å². The first-order valence-electron chi connectivity index (χ1n) is 7.07. The van der Waals surface area contributed by atoms with Crippen LogP contribution < -0.4 is 10.1 Å². The lowest BCUT2D eigenvalue weighted by Gasteiger charge is -2.07. The molecule has 2 aromatic heterocycles. The van der Waals surface area contributed by atoms with Crippen LogP contribution in [-0.2, 0) is 18.4 Å². The van der Waals surface area contributed by atoms with Gasteiger partial charge in [-0.25, -0.2) is 4.98 Å². The molecular weight excluding hydrogens is 280 g/mol. The maximum Gasteiger partial charge on any atom is 0.258 e. The summed E-state index contributed by atoms with van der Waals surface area (Å²) in [5, 5.41) is 3.85. The van der Waals surface area contributed by atoms with Crippen LogP contribution in [0.5, 0.6) is 5.75 Å². The number of ether oxygens (including phenoxy) is 1. The first-order valence-corrected chi connectivity index (χ1v) is 7.07. The lowest BCUT2D eigenvalue weighted by molar-refractivity contribution is -0.123. The molecule has 0 unspecified atom stereocenters. The fourth-order valence-electron chi connectivity index (χ4n) is 2.33. The summed E-state index contributed by atoms with van der Waals surface area (Å²) in [6.45, 7) is 2.41. The van der Waals surface area contributed by atoms with Gasteiger partial charge in [-0.15, -0.1) is 0 Å². The second-order valence-electron chi connectivity index (χ2n) is 5.17. The Bertz CT molecular complexity index is 790. The van der Waals surface area contributed by atoms with Crippen LogP contribution in [0.2, 0.25) is 0 Å². The van der Waals surface area contributed by atoms with E-state index in [1.807, 2.05) is 25.2 Å². The zero-order chi connectivity index (χ0) is 15.5. The van der Waals surface area contributed by atoms with E-state index in [0.29, 0.717) is 12.3 Å². The highest BCUT2D eigenvalue weighted by Gasteiger charge is 2.06. The molecule has 0 atom stereocenters. The van der Waals surface area contributed by atoms with Crippen molar-refractivity contribution in [3.8, 4) is 5.75 Å². The summed E-state index contributed by atoms with van der Waals surface area (Å²) in [5.41, 5.74) is 2.33. The molecule has 6 heteroatoms. The Morgan fingerprint density at radius 3 is 3.05 bits per heavy atom. The Labute approximate surface area is 128 Å². The number of carbonyl (C=O) groups excluding carboxylic acids is 1. The number of hydrogen-bond donors (Lipinski definition) is 2. The van der Waals surface area contributed by atoms with Crippen LogP contribution in [0, 0.1) is 6.92 Å². The number of aryl methyl sites for hydroxylation is 2. The minimum Gasteiger partial charge on any atom is -0.484 e. The molecule has 0 fully saturated rings. The van der Waals surface area contributed by atoms with Crippen molar-refractivity contribution in [3.05, 3.63) is 48.2 Å². The van der Waals surface area contributed by atoms with E-state index in [1.54, 1.807) is 12.4 Å². The van der Waals surface area contributed by atoms with Crippen molar-refractivity contribution in [2.45, 2.75) is 13.5 Å². The Kier molecular flexibility index (Phi) is 3.82. The maximum absolute atomic E-state index is 11.8. The molecule has 0 spiro atoms. The number of H-pyrrole nitrogens is 1. The van der Waals surface area contributed by atoms with Crippen molar-refractivity contribution in [1.82, 2.24) is 19.9 Å². The van der Waals surface area contributed by atoms with Crippen molar-refractivity contribution in [1.29, 1.82) is 0 Å². The molecule has 6 nitrogen and oxygen atoms in total. The summed E-state index contributed by atoms with van der Waals surface area (Å²) >= 11 is 0. The molecule has 1 aromatic carbocycles. The number of benzene rings is 1. The summed E-state index contributed by atoms with van der Waals surface area (Å²) in [6.07, 6.45) is 3.37. The van der Waals surface area contributed by atoms with Gasteiger partial charge in [-0.05, 0) is 31.2 Å². The standard InChI is InChI=1S/C16H18N4O2/c1-11-7-12-8-13(3-4-14(12)20(11)2)22-10-16(21)19-9-15-17-5-6-18-15/h3-8H,9-10H2,1-2H3,(H,17,18)(H,19,21). The van der Waals surface area contributed by atoms with Crippen LogP contribution in [0.3, 0.4) is 0 Å². The quantitative estimate of drug-likeness (QED) is 0.755. The first kappa shape index (κ1) is 14.2. The van der Waals surface area contributed by atoms with E-state index < -0.39 is 0 Å². The fraction of sp³-hybridized carbons (Fsp3) is 0.250. The maximum atomic E-state index is 11.8. The van der Waals surface area contributed by atoms with Crippen LogP contribution in [0.25, 0.3) is 10.9 Å². The molecular formula is C16H18N4O2. The highest BCUT2D eigenvalue weighted by atomic mass is 16.5. The molecule has 0 radical (unpaired) electrons. The molecule has 3 rings (SSSR count). The van der Waals surface area contributed by atoms with E-state index in [2.05, 4.69) is 32.8 Å². The van der Waals surface area contributed by atoms with E-state index in [9.17, 15) is 4.79 Å². The molecule has 0 aliphatic carbocycles. The highest BCUT2D eigenvalue weighted by Crippen LogP contribution is 2.23. The van der Waals surface area contributed by atoms with Gasteiger partial charge in [0.2, 0.25) is 0 Å². The zero-order valence-electron chi connectivity index (χ0n) is 12.6. The van der Waals surface area contributed by atoms with E-state index >= 15 is 0 Å². The first-order chi connectivity index (χ1) is 10.6. The molecule has 1 amide bonds. The van der Waals surface area contributed by atoms with Crippen LogP contribution in [0.1, 0.15) is 11.5 Å². The van der Waals surface area contributed by atoms with Gasteiger partial charge in [0.15, 0.2) is 6.61 Å². The van der Waals surface area contributed by atoms with Gasteiger partial charge in [-0.2, -0.15) is 0 Å². The largest absolute Gasteiger partial charge is 0.484 e. The number of aromatic nitrogens is 3. The summed E-state index contributed by atoms with van der Waals surface area (Å²) in [4.78, 5) is 18.7. The molecule has 0 aliphatic heterocycles. The summed E-state index contributed by atoms with van der Waals surface area (Å²) in [6, 6.07) is 7.92. The van der Waals surface area contributed by atoms with E-state index in [1.165, 1.54) is 5.69 Å². The Morgan fingerprint density at radius 2 is 2.27 bits per heavy atom. The second kappa shape index (κ2) is 5.93. The number of fused-ring (bicyclic) bond motifs is 1. The predicted molar refractivity (Wildman–Crippen MR) is 83.6 cm³/mol. The third-order valence-electron chi connectivity index (χ3n) is 3.63. The molecule has 0 saturated carbocycles. The number of carbonyl (C=O) groups is 1. The molecule has 114 valence electrons. The van der Waals surface area contributed by atoms with Crippen LogP contribution in [0.4, 0.5) is 0 Å². The average molecular weight is 298 g/mol. The Balaban J connectivity index is 1.57. The van der Waals surface area contributed by atoms with E-state index in [0.717, 1.165) is 16.7 Å². The summed E-state index contributed by atoms with van der Waals surface area (Å²) in [5.74, 6) is 1.22. The smallest absolute Gasteiger partial charge is 0.258 e. The van der Waals surface area contributed by atoms with Crippen LogP contribution in [-0.4, -0.2) is 27.0 Å². The molecule has 0 saturated heterocycles. The number of nitrogens with zero attached hydrogens (tertiary/aromatic N) is 2. The molecule has 2 N–H and O–H groups in total. The zero-order valence-corrected chi connectivity index (χ0v) is 12.6. The van der Waals surface area contributed by atoms with Gasteiger partial charge in [0.1, 0.15) is 11.6 Å². The van der Waals surface area contributed by atoms with Crippen molar-refractivity contribution < 1.29 is 9.53 Å². The van der Waals surface area contributed by atoms with Gasteiger partial charge in [0.05, 0.1) is 6.54 Å². The van der Waals surface area contributed by atoms with Gasteiger partial charge in [-0.3, -0.25) is 4.79 Å². The predicted octanol–water partition coefficient (Wildman–Crippen LogP) is 1.91. The Morgan fingerprint density at radius 1 is 1.41 bits per heavy atom. The van der Waals surface area contributed by atoms with Gasteiger partial charge < -0.3 is 19.6 Å². The van der Waals surface area contributed by atoms with Gasteiger partial charge >= 0.3 is 0 Å². The molecule has 22 heavy (non-hydrogen) atoms. The number of rotatable bonds is 5. The summed E-state index contributed by atoms with van der Waals surface area (Å²) < 4.78 is 7.66. The van der Waals surface area contributed by atoms with Crippen molar-refractivity contribution in [2.24, 2.45) is 7.05 Å². The lowest BCUT2D eigenvalue weighted by Crippen LogP contribution is -2.28. The minimum atomic E-state index is -0.180. The monoisotopic (exact) mass is 298 g/mol. The minimum absolute atomic E-state index is 0.0158. The fourth-order valence-corrected chi connectivity index (χ4v) is 2.33.